The fourth-order valence-corrected chi connectivity index (χ4v) is 4.61. The van der Waals surface area contributed by atoms with E-state index < -0.39 is 0 Å². The molecule has 0 aromatic heterocycles. The van der Waals surface area contributed by atoms with E-state index >= 15 is 0 Å². The van der Waals surface area contributed by atoms with Gasteiger partial charge in [-0.1, -0.05) is 48.5 Å². The van der Waals surface area contributed by atoms with Crippen LogP contribution in [0.3, 0.4) is 0 Å². The molecule has 1 amide bonds. The minimum Gasteiger partial charge on any atom is -0.348 e. The molecular weight excluding hydrogens is 399 g/mol. The Morgan fingerprint density at radius 1 is 0.969 bits per heavy atom. The molecule has 3 aromatic rings. The predicted molar refractivity (Wildman–Crippen MR) is 127 cm³/mol. The summed E-state index contributed by atoms with van der Waals surface area (Å²) in [6, 6.07) is 21.1. The monoisotopic (exact) mass is 430 g/mol. The minimum atomic E-state index is -0.186. The highest BCUT2D eigenvalue weighted by molar-refractivity contribution is 5.95. The predicted octanol–water partition coefficient (Wildman–Crippen LogP) is 5.75. The fourth-order valence-electron chi connectivity index (χ4n) is 4.61. The van der Waals surface area contributed by atoms with Crippen LogP contribution in [0.4, 0.5) is 4.39 Å². The van der Waals surface area contributed by atoms with E-state index in [9.17, 15) is 9.18 Å². The number of halogens is 1. The van der Waals surface area contributed by atoms with Crippen molar-refractivity contribution in [2.24, 2.45) is 0 Å². The highest BCUT2D eigenvalue weighted by Crippen LogP contribution is 2.31. The number of nitrogens with zero attached hydrogens (tertiary/aromatic N) is 1. The van der Waals surface area contributed by atoms with Gasteiger partial charge in [0.15, 0.2) is 0 Å². The summed E-state index contributed by atoms with van der Waals surface area (Å²) in [5.74, 6) is 0.289. The maximum atomic E-state index is 13.1. The first-order valence-corrected chi connectivity index (χ1v) is 11.4. The Hall–Kier alpha value is -2.98. The van der Waals surface area contributed by atoms with Crippen molar-refractivity contribution >= 4 is 5.91 Å². The molecule has 1 aliphatic heterocycles. The maximum Gasteiger partial charge on any atom is 0.251 e. The molecule has 3 aromatic carbocycles. The molecule has 32 heavy (non-hydrogen) atoms. The molecule has 0 atom stereocenters. The second-order valence-electron chi connectivity index (χ2n) is 8.81. The van der Waals surface area contributed by atoms with Gasteiger partial charge in [0.1, 0.15) is 5.82 Å². The van der Waals surface area contributed by atoms with Gasteiger partial charge in [0.25, 0.3) is 5.91 Å². The first-order chi connectivity index (χ1) is 15.5. The average molecular weight is 431 g/mol. The third kappa shape index (κ3) is 5.25. The molecule has 0 saturated carbocycles. The van der Waals surface area contributed by atoms with E-state index in [1.807, 2.05) is 50.2 Å². The summed E-state index contributed by atoms with van der Waals surface area (Å²) in [6.07, 6.45) is 2.17. The van der Waals surface area contributed by atoms with Crippen LogP contribution in [0.5, 0.6) is 0 Å². The van der Waals surface area contributed by atoms with E-state index in [1.165, 1.54) is 23.3 Å². The summed E-state index contributed by atoms with van der Waals surface area (Å²) >= 11 is 0. The molecule has 0 unspecified atom stereocenters. The third-order valence-corrected chi connectivity index (χ3v) is 6.69. The molecule has 4 rings (SSSR count). The van der Waals surface area contributed by atoms with Crippen LogP contribution in [0, 0.1) is 19.7 Å². The second kappa shape index (κ2) is 10.1. The highest BCUT2D eigenvalue weighted by Gasteiger charge is 2.22. The van der Waals surface area contributed by atoms with Crippen molar-refractivity contribution < 1.29 is 9.18 Å². The van der Waals surface area contributed by atoms with Crippen LogP contribution < -0.4 is 5.32 Å². The van der Waals surface area contributed by atoms with E-state index in [2.05, 4.69) is 28.4 Å². The lowest BCUT2D eigenvalue weighted by molar-refractivity contribution is 0.0950. The Morgan fingerprint density at radius 3 is 2.44 bits per heavy atom. The van der Waals surface area contributed by atoms with Crippen LogP contribution >= 0.6 is 0 Å². The van der Waals surface area contributed by atoms with E-state index in [4.69, 9.17) is 0 Å². The number of hydrogen-bond donors (Lipinski definition) is 1. The number of rotatable bonds is 6. The second-order valence-corrected chi connectivity index (χ2v) is 8.81. The topological polar surface area (TPSA) is 32.3 Å². The van der Waals surface area contributed by atoms with E-state index in [1.54, 1.807) is 0 Å². The zero-order valence-corrected chi connectivity index (χ0v) is 18.9. The molecule has 0 radical (unpaired) electrons. The van der Waals surface area contributed by atoms with Crippen LogP contribution in [-0.2, 0) is 13.1 Å². The summed E-state index contributed by atoms with van der Waals surface area (Å²) < 4.78 is 13.1. The molecule has 166 valence electrons. The third-order valence-electron chi connectivity index (χ3n) is 6.69. The molecule has 1 fully saturated rings. The molecule has 1 saturated heterocycles. The van der Waals surface area contributed by atoms with Gasteiger partial charge in [0.2, 0.25) is 0 Å². The van der Waals surface area contributed by atoms with Crippen molar-refractivity contribution in [1.29, 1.82) is 0 Å². The number of likely N-dealkylation sites (tertiary alicyclic amines) is 1. The summed E-state index contributed by atoms with van der Waals surface area (Å²) in [5.41, 5.74) is 6.60. The number of carbonyl (C=O) groups is 1. The smallest absolute Gasteiger partial charge is 0.251 e. The summed E-state index contributed by atoms with van der Waals surface area (Å²) in [5, 5.41) is 3.13. The number of aryl methyl sites for hydroxylation is 1. The van der Waals surface area contributed by atoms with Crippen LogP contribution in [-0.4, -0.2) is 23.9 Å². The van der Waals surface area contributed by atoms with E-state index in [0.717, 1.165) is 54.7 Å². The number of nitrogens with one attached hydrogen (secondary N) is 1. The molecule has 1 aliphatic rings. The molecular formula is C28H31FN2O. The van der Waals surface area contributed by atoms with Gasteiger partial charge in [-0.25, -0.2) is 4.39 Å². The largest absolute Gasteiger partial charge is 0.348 e. The van der Waals surface area contributed by atoms with Crippen molar-refractivity contribution in [2.45, 2.75) is 45.7 Å². The Morgan fingerprint density at radius 2 is 1.69 bits per heavy atom. The Balaban J connectivity index is 1.37. The lowest BCUT2D eigenvalue weighted by atomic mass is 9.86. The summed E-state index contributed by atoms with van der Waals surface area (Å²) in [4.78, 5) is 15.2. The van der Waals surface area contributed by atoms with Gasteiger partial charge in [-0.3, -0.25) is 9.69 Å². The number of carbonyl (C=O) groups excluding carboxylic acids is 1. The van der Waals surface area contributed by atoms with Crippen LogP contribution in [0.25, 0.3) is 0 Å². The maximum absolute atomic E-state index is 13.1. The van der Waals surface area contributed by atoms with Crippen molar-refractivity contribution in [3.05, 3.63) is 106 Å². The van der Waals surface area contributed by atoms with Gasteiger partial charge in [0.05, 0.1) is 0 Å². The zero-order valence-electron chi connectivity index (χ0n) is 18.9. The van der Waals surface area contributed by atoms with Crippen LogP contribution in [0.1, 0.15) is 56.9 Å². The quantitative estimate of drug-likeness (QED) is 0.540. The Labute approximate surface area is 190 Å². The van der Waals surface area contributed by atoms with Gasteiger partial charge in [-0.15, -0.1) is 0 Å². The molecule has 3 nitrogen and oxygen atoms in total. The highest BCUT2D eigenvalue weighted by atomic mass is 19.1. The normalized spacial score (nSPS) is 15.0. The van der Waals surface area contributed by atoms with Crippen LogP contribution in [0.15, 0.2) is 66.7 Å². The van der Waals surface area contributed by atoms with Gasteiger partial charge < -0.3 is 5.32 Å². The Kier molecular flexibility index (Phi) is 7.01. The Bertz CT molecular complexity index is 1070. The number of piperidine rings is 1. The first kappa shape index (κ1) is 22.2. The van der Waals surface area contributed by atoms with Crippen LogP contribution in [0.2, 0.25) is 0 Å². The molecule has 1 N–H and O–H groups in total. The minimum absolute atomic E-state index is 0.0184. The molecule has 0 bridgehead atoms. The van der Waals surface area contributed by atoms with Crippen molar-refractivity contribution in [3.63, 3.8) is 0 Å². The molecule has 0 spiro atoms. The lowest BCUT2D eigenvalue weighted by Crippen LogP contribution is -2.33. The van der Waals surface area contributed by atoms with E-state index in [-0.39, 0.29) is 11.7 Å². The first-order valence-electron chi connectivity index (χ1n) is 11.4. The molecule has 4 heteroatoms. The molecule has 0 aliphatic carbocycles. The molecule has 1 heterocycles. The SMILES string of the molecule is Cc1cccc(C(=O)NCc2ccccc2C2CCN(Cc3ccc(F)cc3)CC2)c1C. The van der Waals surface area contributed by atoms with Gasteiger partial charge in [0, 0.05) is 18.7 Å². The van der Waals surface area contributed by atoms with Gasteiger partial charge >= 0.3 is 0 Å². The average Bonchev–Trinajstić information content (AvgIpc) is 2.81. The zero-order chi connectivity index (χ0) is 22.5. The van der Waals surface area contributed by atoms with Crippen molar-refractivity contribution in [3.8, 4) is 0 Å². The summed E-state index contributed by atoms with van der Waals surface area (Å²) in [6.45, 7) is 7.47. The lowest BCUT2D eigenvalue weighted by Gasteiger charge is -2.33. The van der Waals surface area contributed by atoms with E-state index in [0.29, 0.717) is 12.5 Å². The summed E-state index contributed by atoms with van der Waals surface area (Å²) in [7, 11) is 0. The number of hydrogen-bond acceptors (Lipinski definition) is 2. The standard InChI is InChI=1S/C28H31FN2O/c1-20-6-5-9-26(21(20)2)28(32)30-18-24-7-3-4-8-27(24)23-14-16-31(17-15-23)19-22-10-12-25(29)13-11-22/h3-13,23H,14-19H2,1-2H3,(H,30,32). The fraction of sp³-hybridized carbons (Fsp3) is 0.321. The van der Waals surface area contributed by atoms with Crippen molar-refractivity contribution in [1.82, 2.24) is 10.2 Å². The van der Waals surface area contributed by atoms with Gasteiger partial charge in [-0.05, 0) is 91.7 Å². The number of benzene rings is 3. The number of amides is 1. The van der Waals surface area contributed by atoms with Crippen molar-refractivity contribution in [2.75, 3.05) is 13.1 Å². The van der Waals surface area contributed by atoms with Gasteiger partial charge in [-0.2, -0.15) is 0 Å².